The van der Waals surface area contributed by atoms with Crippen LogP contribution >= 0.6 is 0 Å². The van der Waals surface area contributed by atoms with Gasteiger partial charge < -0.3 is 10.0 Å². The normalized spacial score (nSPS) is 23.3. The third kappa shape index (κ3) is 2.56. The van der Waals surface area contributed by atoms with E-state index in [1.165, 1.54) is 16.7 Å². The number of nitrogens with one attached hydrogen (secondary N) is 1. The van der Waals surface area contributed by atoms with Crippen molar-refractivity contribution in [2.24, 2.45) is 0 Å². The largest absolute Gasteiger partial charge is 0.396 e. The van der Waals surface area contributed by atoms with Crippen LogP contribution in [0.25, 0.3) is 0 Å². The number of sulfonamides is 1. The highest BCUT2D eigenvalue weighted by molar-refractivity contribution is 7.89. The zero-order valence-corrected chi connectivity index (χ0v) is 11.1. The summed E-state index contributed by atoms with van der Waals surface area (Å²) in [5.74, 6) is 0. The minimum Gasteiger partial charge on any atom is -0.396 e. The van der Waals surface area contributed by atoms with Crippen LogP contribution in [0, 0.1) is 0 Å². The minimum absolute atomic E-state index is 0.0606. The number of hydrogen-bond donors (Lipinski definition) is 2. The van der Waals surface area contributed by atoms with E-state index in [1.54, 1.807) is 0 Å². The lowest BCUT2D eigenvalue weighted by Crippen LogP contribution is -2.53. The average Bonchev–Trinajstić information content (AvgIpc) is 2.86. The molecule has 0 bridgehead atoms. The molecule has 8 heteroatoms. The summed E-state index contributed by atoms with van der Waals surface area (Å²) < 4.78 is 26.0. The number of rotatable bonds is 4. The molecular weight excluding hydrogens is 256 g/mol. The van der Waals surface area contributed by atoms with Crippen LogP contribution in [0.3, 0.4) is 0 Å². The van der Waals surface area contributed by atoms with Gasteiger partial charge in [0, 0.05) is 38.5 Å². The van der Waals surface area contributed by atoms with Crippen LogP contribution in [0.5, 0.6) is 0 Å². The molecule has 2 N–H and O–H groups in total. The van der Waals surface area contributed by atoms with Crippen LogP contribution in [0.2, 0.25) is 0 Å². The highest BCUT2D eigenvalue weighted by Gasteiger charge is 2.32. The van der Waals surface area contributed by atoms with Gasteiger partial charge in [-0.25, -0.2) is 8.42 Å². The molecule has 1 atom stereocenters. The Morgan fingerprint density at radius 1 is 1.56 bits per heavy atom. The van der Waals surface area contributed by atoms with Crippen LogP contribution in [-0.2, 0) is 10.0 Å². The molecular formula is C10H18N4O3S. The Morgan fingerprint density at radius 3 is 2.94 bits per heavy atom. The van der Waals surface area contributed by atoms with E-state index in [1.807, 2.05) is 7.05 Å². The lowest BCUT2D eigenvalue weighted by atomic mass is 10.1. The van der Waals surface area contributed by atoms with Crippen LogP contribution in [0.15, 0.2) is 17.3 Å². The van der Waals surface area contributed by atoms with E-state index < -0.39 is 10.0 Å². The molecule has 102 valence electrons. The number of aliphatic hydroxyl groups excluding tert-OH is 1. The molecule has 1 unspecified atom stereocenters. The molecule has 0 aliphatic carbocycles. The van der Waals surface area contributed by atoms with Gasteiger partial charge in [-0.3, -0.25) is 5.10 Å². The van der Waals surface area contributed by atoms with Crippen molar-refractivity contribution in [2.45, 2.75) is 17.4 Å². The van der Waals surface area contributed by atoms with Crippen LogP contribution < -0.4 is 0 Å². The van der Waals surface area contributed by atoms with E-state index in [2.05, 4.69) is 15.1 Å². The highest BCUT2D eigenvalue weighted by atomic mass is 32.2. The predicted molar refractivity (Wildman–Crippen MR) is 65.5 cm³/mol. The fraction of sp³-hybridized carbons (Fsp3) is 0.700. The maximum atomic E-state index is 12.3. The van der Waals surface area contributed by atoms with Gasteiger partial charge in [0.05, 0.1) is 6.20 Å². The van der Waals surface area contributed by atoms with Gasteiger partial charge in [0.15, 0.2) is 0 Å². The van der Waals surface area contributed by atoms with E-state index in [4.69, 9.17) is 5.11 Å². The van der Waals surface area contributed by atoms with Gasteiger partial charge in [0.2, 0.25) is 10.0 Å². The van der Waals surface area contributed by atoms with Crippen molar-refractivity contribution in [2.75, 3.05) is 33.3 Å². The van der Waals surface area contributed by atoms with Crippen molar-refractivity contribution in [3.05, 3.63) is 12.4 Å². The molecule has 0 spiro atoms. The summed E-state index contributed by atoms with van der Waals surface area (Å²) >= 11 is 0. The SMILES string of the molecule is CN1CCN(S(=O)(=O)c2cn[nH]c2)CC1CCO. The van der Waals surface area contributed by atoms with E-state index >= 15 is 0 Å². The second-order valence-corrected chi connectivity index (χ2v) is 6.38. The quantitative estimate of drug-likeness (QED) is 0.742. The molecule has 2 rings (SSSR count). The van der Waals surface area contributed by atoms with Crippen molar-refractivity contribution >= 4 is 10.0 Å². The first-order valence-electron chi connectivity index (χ1n) is 5.85. The molecule has 1 aromatic rings. The number of hydrogen-bond acceptors (Lipinski definition) is 5. The van der Waals surface area contributed by atoms with Crippen molar-refractivity contribution in [3.63, 3.8) is 0 Å². The molecule has 0 amide bonds. The molecule has 1 aromatic heterocycles. The Bertz CT molecular complexity index is 473. The summed E-state index contributed by atoms with van der Waals surface area (Å²) in [5, 5.41) is 15.2. The van der Waals surface area contributed by atoms with Crippen LogP contribution in [-0.4, -0.2) is 72.3 Å². The first-order valence-corrected chi connectivity index (χ1v) is 7.29. The molecule has 1 fully saturated rings. The molecule has 18 heavy (non-hydrogen) atoms. The highest BCUT2D eigenvalue weighted by Crippen LogP contribution is 2.19. The molecule has 0 saturated carbocycles. The number of aromatic amines is 1. The van der Waals surface area contributed by atoms with Gasteiger partial charge in [0.1, 0.15) is 4.90 Å². The Morgan fingerprint density at radius 2 is 2.33 bits per heavy atom. The smallest absolute Gasteiger partial charge is 0.246 e. The van der Waals surface area contributed by atoms with Gasteiger partial charge >= 0.3 is 0 Å². The number of piperazine rings is 1. The fourth-order valence-corrected chi connectivity index (χ4v) is 3.50. The van der Waals surface area contributed by atoms with Gasteiger partial charge in [-0.15, -0.1) is 0 Å². The van der Waals surface area contributed by atoms with Crippen molar-refractivity contribution in [3.8, 4) is 0 Å². The number of aromatic nitrogens is 2. The summed E-state index contributed by atoms with van der Waals surface area (Å²) in [4.78, 5) is 2.27. The van der Waals surface area contributed by atoms with Gasteiger partial charge in [-0.05, 0) is 13.5 Å². The van der Waals surface area contributed by atoms with Crippen molar-refractivity contribution in [1.29, 1.82) is 0 Å². The lowest BCUT2D eigenvalue weighted by molar-refractivity contribution is 0.120. The maximum absolute atomic E-state index is 12.3. The summed E-state index contributed by atoms with van der Waals surface area (Å²) in [7, 11) is -1.52. The zero-order valence-electron chi connectivity index (χ0n) is 10.3. The van der Waals surface area contributed by atoms with Gasteiger partial charge in [-0.1, -0.05) is 0 Å². The maximum Gasteiger partial charge on any atom is 0.246 e. The molecule has 1 saturated heterocycles. The van der Waals surface area contributed by atoms with E-state index in [0.717, 1.165) is 0 Å². The summed E-state index contributed by atoms with van der Waals surface area (Å²) in [6.45, 7) is 1.60. The van der Waals surface area contributed by atoms with Crippen LogP contribution in [0.4, 0.5) is 0 Å². The first kappa shape index (κ1) is 13.5. The minimum atomic E-state index is -3.46. The van der Waals surface area contributed by atoms with E-state index in [-0.39, 0.29) is 17.5 Å². The Kier molecular flexibility index (Phi) is 4.00. The first-order chi connectivity index (χ1) is 8.55. The second-order valence-electron chi connectivity index (χ2n) is 4.44. The Labute approximate surface area is 106 Å². The Balaban J connectivity index is 2.15. The molecule has 7 nitrogen and oxygen atoms in total. The van der Waals surface area contributed by atoms with Crippen LogP contribution in [0.1, 0.15) is 6.42 Å². The monoisotopic (exact) mass is 274 g/mol. The Hall–Kier alpha value is -0.960. The molecule has 2 heterocycles. The fourth-order valence-electron chi connectivity index (χ4n) is 2.13. The van der Waals surface area contributed by atoms with E-state index in [9.17, 15) is 8.42 Å². The average molecular weight is 274 g/mol. The molecule has 0 radical (unpaired) electrons. The van der Waals surface area contributed by atoms with Gasteiger partial charge in [-0.2, -0.15) is 9.40 Å². The number of aliphatic hydroxyl groups is 1. The number of H-pyrrole nitrogens is 1. The lowest BCUT2D eigenvalue weighted by Gasteiger charge is -2.38. The summed E-state index contributed by atoms with van der Waals surface area (Å²) in [6.07, 6.45) is 3.28. The summed E-state index contributed by atoms with van der Waals surface area (Å²) in [6, 6.07) is 0.0606. The molecule has 0 aromatic carbocycles. The third-order valence-electron chi connectivity index (χ3n) is 3.31. The second kappa shape index (κ2) is 5.35. The van der Waals surface area contributed by atoms with Crippen molar-refractivity contribution < 1.29 is 13.5 Å². The topological polar surface area (TPSA) is 89.5 Å². The van der Waals surface area contributed by atoms with Crippen molar-refractivity contribution in [1.82, 2.24) is 19.4 Å². The standard InChI is InChI=1S/C10H18N4O3S/c1-13-3-4-14(8-9(13)2-5-15)18(16,17)10-6-11-12-7-10/h6-7,9,15H,2-5,8H2,1H3,(H,11,12). The van der Waals surface area contributed by atoms with Gasteiger partial charge in [0.25, 0.3) is 0 Å². The molecule has 1 aliphatic heterocycles. The molecule has 1 aliphatic rings. The predicted octanol–water partition coefficient (Wildman–Crippen LogP) is -0.903. The number of likely N-dealkylation sites (N-methyl/N-ethyl adjacent to an activating group) is 1. The summed E-state index contributed by atoms with van der Waals surface area (Å²) in [5.41, 5.74) is 0. The third-order valence-corrected chi connectivity index (χ3v) is 5.14. The number of nitrogens with zero attached hydrogens (tertiary/aromatic N) is 3. The van der Waals surface area contributed by atoms with E-state index in [0.29, 0.717) is 26.1 Å². The zero-order chi connectivity index (χ0) is 13.2.